The maximum absolute atomic E-state index is 6.46. The van der Waals surface area contributed by atoms with Crippen molar-refractivity contribution in [3.63, 3.8) is 0 Å². The molecule has 8 nitrogen and oxygen atoms in total. The molecule has 0 aliphatic heterocycles. The number of fused-ring (bicyclic) bond motifs is 3. The Kier molecular flexibility index (Phi) is 13.6. The molecule has 0 radical (unpaired) electrons. The zero-order chi connectivity index (χ0) is 42.9. The first kappa shape index (κ1) is 45.0. The number of pyridine rings is 2. The van der Waals surface area contributed by atoms with Crippen molar-refractivity contribution in [2.24, 2.45) is 0 Å². The van der Waals surface area contributed by atoms with E-state index >= 15 is 0 Å². The molecular weight excluding hydrogens is 1170 g/mol. The van der Waals surface area contributed by atoms with E-state index < -0.39 is 0 Å². The normalized spacial score (nSPS) is 11.1. The van der Waals surface area contributed by atoms with Gasteiger partial charge in [0.1, 0.15) is 12.7 Å². The van der Waals surface area contributed by atoms with Crippen LogP contribution in [-0.2, 0) is 42.1 Å². The Labute approximate surface area is 407 Å². The third-order valence-electron chi connectivity index (χ3n) is 11.0. The minimum atomic E-state index is 0. The summed E-state index contributed by atoms with van der Waals surface area (Å²) in [5.74, 6) is 3.08. The molecule has 0 aliphatic rings. The van der Waals surface area contributed by atoms with Crippen LogP contribution in [0.2, 0.25) is 0 Å². The first-order valence-corrected chi connectivity index (χ1v) is 20.9. The van der Waals surface area contributed by atoms with Crippen LogP contribution in [0, 0.1) is 24.3 Å². The molecule has 0 N–H and O–H groups in total. The Morgan fingerprint density at radius 2 is 0.892 bits per heavy atom. The van der Waals surface area contributed by atoms with Gasteiger partial charge in [-0.1, -0.05) is 124 Å². The first-order chi connectivity index (χ1) is 30.9. The Balaban J connectivity index is 0.00000288. The second kappa shape index (κ2) is 19.7. The van der Waals surface area contributed by atoms with Crippen LogP contribution >= 0.6 is 0 Å². The molecular formula is C55H40N6O2Pt2. The quantitative estimate of drug-likeness (QED) is 0.119. The van der Waals surface area contributed by atoms with E-state index in [0.717, 1.165) is 55.5 Å². The summed E-state index contributed by atoms with van der Waals surface area (Å²) in [5.41, 5.74) is 11.7. The van der Waals surface area contributed by atoms with Gasteiger partial charge in [-0.2, -0.15) is 22.9 Å². The maximum Gasteiger partial charge on any atom is 2.00 e. The molecule has 0 unspecified atom stereocenters. The van der Waals surface area contributed by atoms with Gasteiger partial charge in [0, 0.05) is 46.5 Å². The molecule has 10 aromatic rings. The van der Waals surface area contributed by atoms with Gasteiger partial charge in [-0.25, -0.2) is 15.0 Å². The van der Waals surface area contributed by atoms with E-state index in [1.807, 2.05) is 89.8 Å². The number of aromatic nitrogens is 6. The zero-order valence-electron chi connectivity index (χ0n) is 35.8. The molecule has 6 aromatic carbocycles. The summed E-state index contributed by atoms with van der Waals surface area (Å²) in [7, 11) is 0. The van der Waals surface area contributed by atoms with Gasteiger partial charge < -0.3 is 24.0 Å². The molecule has 0 aliphatic carbocycles. The summed E-state index contributed by atoms with van der Waals surface area (Å²) < 4.78 is 14.8. The van der Waals surface area contributed by atoms with Crippen molar-refractivity contribution in [1.82, 2.24) is 29.5 Å². The molecule has 0 amide bonds. The minimum Gasteiger partial charge on any atom is -0.503 e. The van der Waals surface area contributed by atoms with E-state index in [1.54, 1.807) is 0 Å². The van der Waals surface area contributed by atoms with E-state index in [1.165, 1.54) is 23.8 Å². The average Bonchev–Trinajstić information content (AvgIpc) is 3.64. The molecule has 0 fully saturated rings. The molecule has 0 spiro atoms. The fourth-order valence-corrected chi connectivity index (χ4v) is 7.95. The summed E-state index contributed by atoms with van der Waals surface area (Å²) in [6.45, 7) is 8.81. The Hall–Kier alpha value is -6.59. The van der Waals surface area contributed by atoms with E-state index in [-0.39, 0.29) is 42.1 Å². The van der Waals surface area contributed by atoms with Crippen LogP contribution in [0.4, 0.5) is 0 Å². The molecule has 0 saturated carbocycles. The minimum absolute atomic E-state index is 0. The van der Waals surface area contributed by atoms with Crippen molar-refractivity contribution >= 4 is 21.8 Å². The van der Waals surface area contributed by atoms with E-state index in [0.29, 0.717) is 51.8 Å². The monoisotopic (exact) mass is 1210 g/mol. The number of nitrogens with zero attached hydrogens (tertiary/aromatic N) is 6. The summed E-state index contributed by atoms with van der Waals surface area (Å²) >= 11 is 0. The molecule has 10 heteroatoms. The number of hydrogen-bond donors (Lipinski definition) is 0. The van der Waals surface area contributed by atoms with Crippen LogP contribution in [-0.4, -0.2) is 29.5 Å². The predicted octanol–water partition coefficient (Wildman–Crippen LogP) is 13.5. The van der Waals surface area contributed by atoms with Crippen molar-refractivity contribution in [2.75, 3.05) is 0 Å². The van der Waals surface area contributed by atoms with Crippen molar-refractivity contribution in [3.8, 4) is 73.7 Å². The van der Waals surface area contributed by atoms with Crippen molar-refractivity contribution in [1.29, 1.82) is 0 Å². The molecule has 65 heavy (non-hydrogen) atoms. The fourth-order valence-electron chi connectivity index (χ4n) is 7.95. The van der Waals surface area contributed by atoms with E-state index in [9.17, 15) is 0 Å². The molecule has 4 aromatic heterocycles. The maximum atomic E-state index is 6.46. The summed E-state index contributed by atoms with van der Waals surface area (Å²) in [6, 6.07) is 58.4. The van der Waals surface area contributed by atoms with Gasteiger partial charge in [-0.15, -0.1) is 71.8 Å². The Morgan fingerprint density at radius 1 is 0.462 bits per heavy atom. The molecule has 0 bridgehead atoms. The van der Waals surface area contributed by atoms with Crippen LogP contribution in [0.5, 0.6) is 23.0 Å². The van der Waals surface area contributed by atoms with Crippen molar-refractivity contribution < 1.29 is 51.6 Å². The Morgan fingerprint density at radius 3 is 1.32 bits per heavy atom. The fraction of sp³-hybridized carbons (Fsp3) is 0.109. The average molecular weight is 1210 g/mol. The zero-order valence-corrected chi connectivity index (χ0v) is 40.3. The van der Waals surface area contributed by atoms with Crippen LogP contribution < -0.4 is 9.47 Å². The van der Waals surface area contributed by atoms with Gasteiger partial charge in [0.25, 0.3) is 0 Å². The number of ether oxygens (including phenoxy) is 2. The third-order valence-corrected chi connectivity index (χ3v) is 11.0. The standard InChI is InChI=1S/C55H40N6O2.2Pt/c1-35(2)47-29-51(57-31-49(47)37-13-7-5-8-14-37)39-17-11-19-41(25-39)62-43-21-23-45-46-24-22-44(28-54(46)61(53(45)27-43)55-59-33-56-34-60-55)63-42-20-12-18-40(26-42)52-30-48(36(3)4)50(32-58-52)38-15-9-6-10-16-38;;/h5-24,29-36H,1-4H3;;/q-4;2*+2. The molecule has 0 saturated heterocycles. The molecule has 0 atom stereocenters. The summed E-state index contributed by atoms with van der Waals surface area (Å²) in [4.78, 5) is 22.8. The van der Waals surface area contributed by atoms with Gasteiger partial charge in [0.2, 0.25) is 5.95 Å². The van der Waals surface area contributed by atoms with Gasteiger partial charge in [-0.05, 0) is 45.5 Å². The molecule has 322 valence electrons. The van der Waals surface area contributed by atoms with Crippen LogP contribution in [0.15, 0.2) is 159 Å². The summed E-state index contributed by atoms with van der Waals surface area (Å²) in [5, 5.41) is 1.84. The van der Waals surface area contributed by atoms with Crippen LogP contribution in [0.3, 0.4) is 0 Å². The van der Waals surface area contributed by atoms with Gasteiger partial charge in [0.05, 0.1) is 0 Å². The van der Waals surface area contributed by atoms with Gasteiger partial charge in [-0.3, -0.25) is 0 Å². The third kappa shape index (κ3) is 9.33. The van der Waals surface area contributed by atoms with E-state index in [4.69, 9.17) is 19.4 Å². The van der Waals surface area contributed by atoms with Crippen LogP contribution in [0.1, 0.15) is 50.7 Å². The van der Waals surface area contributed by atoms with Crippen molar-refractivity contribution in [3.05, 3.63) is 194 Å². The Bertz CT molecular complexity index is 3050. The number of hydrogen-bond acceptors (Lipinski definition) is 7. The first-order valence-electron chi connectivity index (χ1n) is 20.9. The smallest absolute Gasteiger partial charge is 0.503 e. The SMILES string of the molecule is CC(C)c1cc(-c2[c-]c(Oc3[c-]c4c(cc3)c3ccc(Oc5[c-]c(-c6cc(C(C)C)c(-c7ccccc7)cn6)ccc5)[c-]c3n4-c3ncncn3)ccc2)ncc1-c1ccccc1.[Pt+2].[Pt+2]. The number of benzene rings is 6. The van der Waals surface area contributed by atoms with Crippen LogP contribution in [0.25, 0.3) is 72.5 Å². The summed E-state index contributed by atoms with van der Waals surface area (Å²) in [6.07, 6.45) is 6.85. The second-order valence-electron chi connectivity index (χ2n) is 15.9. The second-order valence-corrected chi connectivity index (χ2v) is 15.9. The van der Waals surface area contributed by atoms with Gasteiger partial charge >= 0.3 is 42.1 Å². The topological polar surface area (TPSA) is 87.8 Å². The molecule has 10 rings (SSSR count). The predicted molar refractivity (Wildman–Crippen MR) is 248 cm³/mol. The van der Waals surface area contributed by atoms with Crippen molar-refractivity contribution in [2.45, 2.75) is 39.5 Å². The molecule has 4 heterocycles. The van der Waals surface area contributed by atoms with Gasteiger partial charge in [0.15, 0.2) is 0 Å². The largest absolute Gasteiger partial charge is 2.00 e. The number of rotatable bonds is 11. The van der Waals surface area contributed by atoms with E-state index in [2.05, 4.69) is 128 Å².